The Bertz CT molecular complexity index is 1660. The van der Waals surface area contributed by atoms with Crippen molar-refractivity contribution < 1.29 is 18.7 Å². The summed E-state index contributed by atoms with van der Waals surface area (Å²) in [5.74, 6) is -0.376. The van der Waals surface area contributed by atoms with Gasteiger partial charge in [-0.25, -0.2) is 9.37 Å². The van der Waals surface area contributed by atoms with Gasteiger partial charge in [-0.05, 0) is 91.8 Å². The monoisotopic (exact) mass is 537 g/mol. The average Bonchev–Trinajstić information content (AvgIpc) is 3.89. The van der Waals surface area contributed by atoms with E-state index in [9.17, 15) is 9.59 Å². The molecule has 2 aromatic heterocycles. The van der Waals surface area contributed by atoms with E-state index in [-0.39, 0.29) is 35.6 Å². The molecule has 1 amide bonds. The zero-order valence-corrected chi connectivity index (χ0v) is 22.8. The fraction of sp³-hybridized carbons (Fsp3) is 0.364. The van der Waals surface area contributed by atoms with Crippen LogP contribution in [0.15, 0.2) is 60.9 Å². The summed E-state index contributed by atoms with van der Waals surface area (Å²) in [7, 11) is 0. The van der Waals surface area contributed by atoms with Crippen molar-refractivity contribution in [2.75, 3.05) is 13.2 Å². The van der Waals surface area contributed by atoms with E-state index in [2.05, 4.69) is 25.1 Å². The zero-order chi connectivity index (χ0) is 27.5. The second-order valence-electron chi connectivity index (χ2n) is 11.4. The predicted molar refractivity (Wildman–Crippen MR) is 150 cm³/mol. The molecule has 1 unspecified atom stereocenters. The Kier molecular flexibility index (Phi) is 5.99. The average molecular weight is 538 g/mol. The van der Waals surface area contributed by atoms with Gasteiger partial charge in [0.25, 0.3) is 5.91 Å². The number of rotatable bonds is 6. The maximum atomic E-state index is 15.4. The van der Waals surface area contributed by atoms with Gasteiger partial charge >= 0.3 is 5.97 Å². The van der Waals surface area contributed by atoms with E-state index in [1.165, 1.54) is 17.2 Å². The van der Waals surface area contributed by atoms with Crippen molar-refractivity contribution >= 4 is 17.5 Å². The molecule has 204 valence electrons. The summed E-state index contributed by atoms with van der Waals surface area (Å²) in [6, 6.07) is 15.5. The number of fused-ring (bicyclic) bond motifs is 2. The van der Waals surface area contributed by atoms with Crippen LogP contribution in [-0.2, 0) is 16.0 Å². The van der Waals surface area contributed by atoms with E-state index in [1.54, 1.807) is 13.0 Å². The number of benzene rings is 2. The van der Waals surface area contributed by atoms with E-state index in [0.29, 0.717) is 42.3 Å². The van der Waals surface area contributed by atoms with Crippen molar-refractivity contribution in [1.82, 2.24) is 14.3 Å². The van der Waals surface area contributed by atoms with Crippen molar-refractivity contribution in [3.63, 3.8) is 0 Å². The van der Waals surface area contributed by atoms with E-state index in [1.807, 2.05) is 39.9 Å². The molecule has 2 fully saturated rings. The highest BCUT2D eigenvalue weighted by molar-refractivity contribution is 5.95. The van der Waals surface area contributed by atoms with Gasteiger partial charge in [0.05, 0.1) is 29.8 Å². The molecule has 0 radical (unpaired) electrons. The van der Waals surface area contributed by atoms with Crippen molar-refractivity contribution in [3.8, 4) is 11.3 Å². The van der Waals surface area contributed by atoms with Gasteiger partial charge in [0.1, 0.15) is 11.5 Å². The topological polar surface area (TPSA) is 63.9 Å². The summed E-state index contributed by atoms with van der Waals surface area (Å²) in [6.45, 7) is 4.91. The number of nitrogens with zero attached hydrogens (tertiary/aromatic N) is 3. The van der Waals surface area contributed by atoms with Crippen molar-refractivity contribution in [1.29, 1.82) is 0 Å². The molecule has 0 spiro atoms. The third-order valence-corrected chi connectivity index (χ3v) is 8.78. The van der Waals surface area contributed by atoms with Crippen LogP contribution in [0.3, 0.4) is 0 Å². The van der Waals surface area contributed by atoms with Gasteiger partial charge in [-0.1, -0.05) is 30.3 Å². The van der Waals surface area contributed by atoms with Crippen LogP contribution < -0.4 is 0 Å². The maximum absolute atomic E-state index is 15.4. The minimum absolute atomic E-state index is 0.00151. The molecule has 0 bridgehead atoms. The molecule has 0 N–H and O–H groups in total. The Hall–Kier alpha value is -4.00. The highest BCUT2D eigenvalue weighted by Crippen LogP contribution is 2.49. The van der Waals surface area contributed by atoms with Crippen LogP contribution in [0.2, 0.25) is 0 Å². The zero-order valence-electron chi connectivity index (χ0n) is 22.8. The number of amides is 1. The SMILES string of the molecule is CCOC(=O)[C@H]1CC1c1ccc(-c2cn3cc(C(=O)N4CCc5ccccc5[C@H]4C)cc(C4CC4)c3n2)c(F)c1. The number of ether oxygens (including phenoxy) is 1. The summed E-state index contributed by atoms with van der Waals surface area (Å²) in [6.07, 6.45) is 7.33. The Labute approximate surface area is 232 Å². The first-order valence-corrected chi connectivity index (χ1v) is 14.3. The molecule has 2 aliphatic carbocycles. The fourth-order valence-corrected chi connectivity index (χ4v) is 6.32. The van der Waals surface area contributed by atoms with E-state index in [0.717, 1.165) is 36.0 Å². The maximum Gasteiger partial charge on any atom is 0.309 e. The van der Waals surface area contributed by atoms with Gasteiger partial charge in [0, 0.05) is 24.5 Å². The summed E-state index contributed by atoms with van der Waals surface area (Å²) in [4.78, 5) is 32.7. The van der Waals surface area contributed by atoms with Crippen LogP contribution in [0.1, 0.15) is 83.6 Å². The van der Waals surface area contributed by atoms with Gasteiger partial charge in [-0.2, -0.15) is 0 Å². The summed E-state index contributed by atoms with van der Waals surface area (Å²) in [5, 5.41) is 0. The largest absolute Gasteiger partial charge is 0.466 e. The Morgan fingerprint density at radius 1 is 1.07 bits per heavy atom. The Morgan fingerprint density at radius 2 is 1.90 bits per heavy atom. The minimum Gasteiger partial charge on any atom is -0.466 e. The molecule has 7 heteroatoms. The molecule has 2 saturated carbocycles. The number of hydrogen-bond donors (Lipinski definition) is 0. The predicted octanol–water partition coefficient (Wildman–Crippen LogP) is 6.44. The second-order valence-corrected chi connectivity index (χ2v) is 11.4. The lowest BCUT2D eigenvalue weighted by molar-refractivity contribution is -0.144. The second kappa shape index (κ2) is 9.58. The number of hydrogen-bond acceptors (Lipinski definition) is 4. The van der Waals surface area contributed by atoms with Crippen LogP contribution in [0.4, 0.5) is 4.39 Å². The lowest BCUT2D eigenvalue weighted by atomic mass is 9.93. The normalized spacial score (nSPS) is 21.8. The highest BCUT2D eigenvalue weighted by atomic mass is 19.1. The van der Waals surface area contributed by atoms with Crippen LogP contribution in [-0.4, -0.2) is 39.3 Å². The van der Waals surface area contributed by atoms with Gasteiger partial charge in [0.15, 0.2) is 0 Å². The van der Waals surface area contributed by atoms with Crippen LogP contribution in [0, 0.1) is 11.7 Å². The third-order valence-electron chi connectivity index (χ3n) is 8.78. The van der Waals surface area contributed by atoms with E-state index >= 15 is 4.39 Å². The number of aromatic nitrogens is 2. The standard InChI is InChI=1S/C33H32FN3O3/c1-3-40-33(39)28-16-26(28)22-10-11-25(29(34)15-22)30-18-36-17-23(14-27(21-8-9-21)31(36)35-30)32(38)37-13-12-20-6-4-5-7-24(20)19(37)2/h4-7,10-11,14-15,17-19,21,26,28H,3,8-9,12-13,16H2,1-2H3/t19-,26?,28+/m1/s1. The minimum atomic E-state index is -0.361. The highest BCUT2D eigenvalue weighted by Gasteiger charge is 2.45. The smallest absolute Gasteiger partial charge is 0.309 e. The first-order chi connectivity index (χ1) is 19.4. The molecule has 3 heterocycles. The number of halogens is 1. The van der Waals surface area contributed by atoms with Crippen LogP contribution in [0.5, 0.6) is 0 Å². The van der Waals surface area contributed by atoms with E-state index < -0.39 is 0 Å². The van der Waals surface area contributed by atoms with Crippen LogP contribution in [0.25, 0.3) is 16.9 Å². The molecule has 0 saturated heterocycles. The molecule has 4 aromatic rings. The Morgan fingerprint density at radius 3 is 2.67 bits per heavy atom. The number of pyridine rings is 1. The fourth-order valence-electron chi connectivity index (χ4n) is 6.32. The quantitative estimate of drug-likeness (QED) is 0.266. The summed E-state index contributed by atoms with van der Waals surface area (Å²) >= 11 is 0. The molecule has 3 atom stereocenters. The van der Waals surface area contributed by atoms with Gasteiger partial charge in [0.2, 0.25) is 0 Å². The number of carbonyl (C=O) groups excluding carboxylic acids is 2. The number of esters is 1. The summed E-state index contributed by atoms with van der Waals surface area (Å²) < 4.78 is 22.4. The van der Waals surface area contributed by atoms with Crippen LogP contribution >= 0.6 is 0 Å². The molecule has 1 aliphatic heterocycles. The van der Waals surface area contributed by atoms with Crippen molar-refractivity contribution in [3.05, 3.63) is 94.6 Å². The lowest BCUT2D eigenvalue weighted by Gasteiger charge is -2.35. The first kappa shape index (κ1) is 25.0. The summed E-state index contributed by atoms with van der Waals surface area (Å²) in [5.41, 5.74) is 6.73. The van der Waals surface area contributed by atoms with Crippen molar-refractivity contribution in [2.24, 2.45) is 5.92 Å². The molecular formula is C33H32FN3O3. The molecule has 2 aromatic carbocycles. The van der Waals surface area contributed by atoms with Gasteiger partial charge < -0.3 is 14.0 Å². The molecule has 7 rings (SSSR count). The lowest BCUT2D eigenvalue weighted by Crippen LogP contribution is -2.39. The number of imidazole rings is 1. The van der Waals surface area contributed by atoms with Gasteiger partial charge in [-0.15, -0.1) is 0 Å². The van der Waals surface area contributed by atoms with Crippen molar-refractivity contribution in [2.45, 2.75) is 57.4 Å². The van der Waals surface area contributed by atoms with E-state index in [4.69, 9.17) is 9.72 Å². The Balaban J connectivity index is 1.20. The number of carbonyl (C=O) groups is 2. The first-order valence-electron chi connectivity index (χ1n) is 14.3. The molecule has 40 heavy (non-hydrogen) atoms. The molecule has 3 aliphatic rings. The van der Waals surface area contributed by atoms with Gasteiger partial charge in [-0.3, -0.25) is 9.59 Å². The third kappa shape index (κ3) is 4.28. The molecule has 6 nitrogen and oxygen atoms in total. The molecular weight excluding hydrogens is 505 g/mol.